The van der Waals surface area contributed by atoms with Crippen LogP contribution in [0.25, 0.3) is 0 Å². The number of ether oxygens (including phenoxy) is 1. The van der Waals surface area contributed by atoms with Gasteiger partial charge >= 0.3 is 6.18 Å². The van der Waals surface area contributed by atoms with Crippen LogP contribution in [0, 0.1) is 0 Å². The van der Waals surface area contributed by atoms with Crippen molar-refractivity contribution in [3.05, 3.63) is 22.4 Å². The van der Waals surface area contributed by atoms with Crippen molar-refractivity contribution in [1.82, 2.24) is 4.98 Å². The van der Waals surface area contributed by atoms with E-state index < -0.39 is 11.7 Å². The van der Waals surface area contributed by atoms with Gasteiger partial charge in [-0.25, -0.2) is 4.98 Å². The third-order valence-corrected chi connectivity index (χ3v) is 1.95. The predicted molar refractivity (Wildman–Crippen MR) is 43.5 cm³/mol. The molecule has 0 N–H and O–H groups in total. The average Bonchev–Trinajstić information content (AvgIpc) is 2.03. The number of methoxy groups -OCH3 is 1. The zero-order valence-electron chi connectivity index (χ0n) is 6.52. The topological polar surface area (TPSA) is 22.1 Å². The highest BCUT2D eigenvalue weighted by atomic mass is 79.9. The van der Waals surface area contributed by atoms with E-state index in [2.05, 4.69) is 25.7 Å². The zero-order valence-corrected chi connectivity index (χ0v) is 8.11. The average molecular weight is 256 g/mol. The number of aromatic nitrogens is 1. The summed E-state index contributed by atoms with van der Waals surface area (Å²) >= 11 is 2.95. The first-order valence-corrected chi connectivity index (χ1v) is 4.01. The largest absolute Gasteiger partial charge is 0.494 e. The molecule has 0 amide bonds. The molecule has 0 spiro atoms. The normalized spacial score (nSPS) is 11.5. The van der Waals surface area contributed by atoms with Crippen molar-refractivity contribution >= 4 is 15.9 Å². The van der Waals surface area contributed by atoms with E-state index >= 15 is 0 Å². The van der Waals surface area contributed by atoms with Gasteiger partial charge in [-0.3, -0.25) is 0 Å². The molecule has 0 aliphatic rings. The monoisotopic (exact) mass is 255 g/mol. The smallest absolute Gasteiger partial charge is 0.418 e. The third kappa shape index (κ3) is 2.33. The Kier molecular flexibility index (Phi) is 2.80. The lowest BCUT2D eigenvalue weighted by atomic mass is 10.3. The predicted octanol–water partition coefficient (Wildman–Crippen LogP) is 2.87. The molecule has 0 aliphatic carbocycles. The molecule has 0 bridgehead atoms. The number of hydrogen-bond donors (Lipinski definition) is 0. The molecule has 2 nitrogen and oxygen atoms in total. The van der Waals surface area contributed by atoms with E-state index in [0.29, 0.717) is 0 Å². The van der Waals surface area contributed by atoms with E-state index in [1.807, 2.05) is 0 Å². The standard InChI is InChI=1S/C7H5BrF3NO/c1-13-5-2-4(7(9,10)11)3-12-6(5)8/h2-3H,1H3. The summed E-state index contributed by atoms with van der Waals surface area (Å²) in [6.07, 6.45) is -3.65. The van der Waals surface area contributed by atoms with Crippen molar-refractivity contribution in [2.75, 3.05) is 7.11 Å². The molecule has 1 rings (SSSR count). The lowest BCUT2D eigenvalue weighted by Gasteiger charge is -2.08. The van der Waals surface area contributed by atoms with Crippen LogP contribution in [-0.4, -0.2) is 12.1 Å². The van der Waals surface area contributed by atoms with E-state index in [-0.39, 0.29) is 10.4 Å². The summed E-state index contributed by atoms with van der Waals surface area (Å²) in [7, 11) is 1.28. The van der Waals surface area contributed by atoms with Gasteiger partial charge in [0.25, 0.3) is 0 Å². The molecule has 0 saturated heterocycles. The summed E-state index contributed by atoms with van der Waals surface area (Å²) in [5, 5.41) is 0. The van der Waals surface area contributed by atoms with Gasteiger partial charge in [0, 0.05) is 6.20 Å². The van der Waals surface area contributed by atoms with Gasteiger partial charge in [-0.1, -0.05) is 0 Å². The summed E-state index contributed by atoms with van der Waals surface area (Å²) in [5.41, 5.74) is -0.826. The van der Waals surface area contributed by atoms with Gasteiger partial charge in [0.2, 0.25) is 0 Å². The Hall–Kier alpha value is -0.780. The molecule has 1 aromatic heterocycles. The number of hydrogen-bond acceptors (Lipinski definition) is 2. The molecule has 0 unspecified atom stereocenters. The van der Waals surface area contributed by atoms with Crippen molar-refractivity contribution in [2.45, 2.75) is 6.18 Å². The Bertz CT molecular complexity index is 313. The van der Waals surface area contributed by atoms with E-state index in [1.165, 1.54) is 7.11 Å². The van der Waals surface area contributed by atoms with Crippen LogP contribution in [0.2, 0.25) is 0 Å². The quantitative estimate of drug-likeness (QED) is 0.721. The second-order valence-electron chi connectivity index (χ2n) is 2.21. The molecule has 13 heavy (non-hydrogen) atoms. The summed E-state index contributed by atoms with van der Waals surface area (Å²) in [6, 6.07) is 0.886. The SMILES string of the molecule is COc1cc(C(F)(F)F)cnc1Br. The van der Waals surface area contributed by atoms with Crippen LogP contribution in [-0.2, 0) is 6.18 Å². The molecule has 0 saturated carbocycles. The van der Waals surface area contributed by atoms with Crippen LogP contribution in [0.3, 0.4) is 0 Å². The summed E-state index contributed by atoms with van der Waals surface area (Å²) < 4.78 is 41.3. The minimum atomic E-state index is -4.39. The molecule has 0 atom stereocenters. The fourth-order valence-electron chi connectivity index (χ4n) is 0.726. The fourth-order valence-corrected chi connectivity index (χ4v) is 1.10. The summed E-state index contributed by atoms with van der Waals surface area (Å²) in [4.78, 5) is 3.49. The lowest BCUT2D eigenvalue weighted by molar-refractivity contribution is -0.137. The summed E-state index contributed by atoms with van der Waals surface area (Å²) in [5.74, 6) is 0.0647. The van der Waals surface area contributed by atoms with Gasteiger partial charge in [0.05, 0.1) is 12.7 Å². The maximum atomic E-state index is 12.1. The second-order valence-corrected chi connectivity index (χ2v) is 2.97. The van der Waals surface area contributed by atoms with Crippen molar-refractivity contribution in [3.63, 3.8) is 0 Å². The van der Waals surface area contributed by atoms with E-state index in [4.69, 9.17) is 0 Å². The van der Waals surface area contributed by atoms with Crippen molar-refractivity contribution in [3.8, 4) is 5.75 Å². The summed E-state index contributed by atoms with van der Waals surface area (Å²) in [6.45, 7) is 0. The van der Waals surface area contributed by atoms with E-state index in [1.54, 1.807) is 0 Å². The molecule has 6 heteroatoms. The highest BCUT2D eigenvalue weighted by molar-refractivity contribution is 9.10. The molecular formula is C7H5BrF3NO. The fraction of sp³-hybridized carbons (Fsp3) is 0.286. The van der Waals surface area contributed by atoms with Gasteiger partial charge in [-0.2, -0.15) is 13.2 Å². The highest BCUT2D eigenvalue weighted by Crippen LogP contribution is 2.33. The molecule has 0 aliphatic heterocycles. The van der Waals surface area contributed by atoms with E-state index in [9.17, 15) is 13.2 Å². The molecule has 1 aromatic rings. The highest BCUT2D eigenvalue weighted by Gasteiger charge is 2.31. The first-order valence-electron chi connectivity index (χ1n) is 3.22. The molecule has 0 radical (unpaired) electrons. The number of rotatable bonds is 1. The molecule has 0 aromatic carbocycles. The van der Waals surface area contributed by atoms with Crippen molar-refractivity contribution < 1.29 is 17.9 Å². The van der Waals surface area contributed by atoms with Crippen LogP contribution < -0.4 is 4.74 Å². The van der Waals surface area contributed by atoms with Crippen LogP contribution in [0.5, 0.6) is 5.75 Å². The third-order valence-electron chi connectivity index (χ3n) is 1.35. The molecule has 1 heterocycles. The number of nitrogens with zero attached hydrogens (tertiary/aromatic N) is 1. The Balaban J connectivity index is 3.14. The Morgan fingerprint density at radius 1 is 1.46 bits per heavy atom. The Morgan fingerprint density at radius 3 is 2.54 bits per heavy atom. The Labute approximate surface area is 80.9 Å². The molecule has 72 valence electrons. The first-order chi connectivity index (χ1) is 5.95. The first kappa shape index (κ1) is 10.3. The minimum absolute atomic E-state index is 0.0647. The van der Waals surface area contributed by atoms with Gasteiger partial charge < -0.3 is 4.74 Å². The minimum Gasteiger partial charge on any atom is -0.494 e. The number of pyridine rings is 1. The van der Waals surface area contributed by atoms with E-state index in [0.717, 1.165) is 12.3 Å². The maximum absolute atomic E-state index is 12.1. The van der Waals surface area contributed by atoms with Gasteiger partial charge in [-0.15, -0.1) is 0 Å². The Morgan fingerprint density at radius 2 is 2.08 bits per heavy atom. The van der Waals surface area contributed by atoms with Crippen molar-refractivity contribution in [1.29, 1.82) is 0 Å². The van der Waals surface area contributed by atoms with Crippen molar-refractivity contribution in [2.24, 2.45) is 0 Å². The van der Waals surface area contributed by atoms with Gasteiger partial charge in [-0.05, 0) is 22.0 Å². The second kappa shape index (κ2) is 3.53. The number of alkyl halides is 3. The van der Waals surface area contributed by atoms with Crippen LogP contribution in [0.15, 0.2) is 16.9 Å². The molecule has 0 fully saturated rings. The van der Waals surface area contributed by atoms with Gasteiger partial charge in [0.15, 0.2) is 5.75 Å². The van der Waals surface area contributed by atoms with Crippen LogP contribution >= 0.6 is 15.9 Å². The number of halogens is 4. The maximum Gasteiger partial charge on any atom is 0.418 e. The lowest BCUT2D eigenvalue weighted by Crippen LogP contribution is -2.06. The van der Waals surface area contributed by atoms with Gasteiger partial charge in [0.1, 0.15) is 4.60 Å². The van der Waals surface area contributed by atoms with Crippen LogP contribution in [0.4, 0.5) is 13.2 Å². The molecular weight excluding hydrogens is 251 g/mol. The van der Waals surface area contributed by atoms with Crippen LogP contribution in [0.1, 0.15) is 5.56 Å². The zero-order chi connectivity index (χ0) is 10.1.